The number of halogens is 1. The van der Waals surface area contributed by atoms with Crippen LogP contribution >= 0.6 is 10.7 Å². The Morgan fingerprint density at radius 1 is 1.60 bits per heavy atom. The second-order valence-electron chi connectivity index (χ2n) is 2.47. The van der Waals surface area contributed by atoms with E-state index in [9.17, 15) is 13.2 Å². The van der Waals surface area contributed by atoms with Crippen molar-refractivity contribution in [2.24, 2.45) is 0 Å². The summed E-state index contributed by atoms with van der Waals surface area (Å²) in [5.41, 5.74) is -0.475. The van der Waals surface area contributed by atoms with Crippen LogP contribution in [0.15, 0.2) is 17.2 Å². The van der Waals surface area contributed by atoms with Crippen LogP contribution in [0.1, 0.15) is 10.4 Å². The van der Waals surface area contributed by atoms with Gasteiger partial charge in [0.05, 0.1) is 18.9 Å². The highest BCUT2D eigenvalue weighted by molar-refractivity contribution is 8.13. The molecular weight excluding hydrogens is 246 g/mol. The molecule has 0 aromatic carbocycles. The molecule has 0 amide bonds. The van der Waals surface area contributed by atoms with Crippen LogP contribution in [0.25, 0.3) is 0 Å². The number of aromatic nitrogens is 1. The third kappa shape index (κ3) is 2.57. The third-order valence-electron chi connectivity index (χ3n) is 1.54. The van der Waals surface area contributed by atoms with Crippen molar-refractivity contribution in [2.45, 2.75) is 4.90 Å². The van der Waals surface area contributed by atoms with Crippen LogP contribution in [0.3, 0.4) is 0 Å². The predicted molar refractivity (Wildman–Crippen MR) is 50.8 cm³/mol. The quantitative estimate of drug-likeness (QED) is 0.796. The lowest BCUT2D eigenvalue weighted by Crippen LogP contribution is -2.06. The molecule has 0 aliphatic rings. The molecule has 0 unspecified atom stereocenters. The molecule has 0 atom stereocenters. The van der Waals surface area contributed by atoms with Gasteiger partial charge in [-0.2, -0.15) is 0 Å². The Kier molecular flexibility index (Phi) is 3.15. The van der Waals surface area contributed by atoms with Gasteiger partial charge in [-0.25, -0.2) is 18.2 Å². The SMILES string of the molecule is COc1cc(C(=O)O)c(S(=O)(=O)Cl)cn1. The van der Waals surface area contributed by atoms with Gasteiger partial charge in [0.1, 0.15) is 4.90 Å². The minimum Gasteiger partial charge on any atom is -0.481 e. The molecule has 82 valence electrons. The number of aromatic carboxylic acids is 1. The van der Waals surface area contributed by atoms with Crippen molar-refractivity contribution in [3.63, 3.8) is 0 Å². The number of pyridine rings is 1. The molecule has 1 aromatic heterocycles. The van der Waals surface area contributed by atoms with E-state index in [0.717, 1.165) is 12.3 Å². The van der Waals surface area contributed by atoms with Crippen LogP contribution < -0.4 is 4.74 Å². The fourth-order valence-electron chi connectivity index (χ4n) is 0.897. The second kappa shape index (κ2) is 4.03. The molecule has 0 bridgehead atoms. The monoisotopic (exact) mass is 251 g/mol. The molecule has 0 aliphatic carbocycles. The molecule has 0 fully saturated rings. The molecule has 0 radical (unpaired) electrons. The van der Waals surface area contributed by atoms with Crippen molar-refractivity contribution >= 4 is 25.7 Å². The lowest BCUT2D eigenvalue weighted by molar-refractivity contribution is 0.0692. The molecule has 0 saturated heterocycles. The Balaban J connectivity index is 3.48. The zero-order valence-electron chi connectivity index (χ0n) is 7.47. The van der Waals surface area contributed by atoms with E-state index in [1.807, 2.05) is 0 Å². The molecule has 1 aromatic rings. The summed E-state index contributed by atoms with van der Waals surface area (Å²) in [6.07, 6.45) is 0.838. The zero-order valence-corrected chi connectivity index (χ0v) is 9.04. The van der Waals surface area contributed by atoms with E-state index < -0.39 is 25.5 Å². The van der Waals surface area contributed by atoms with Gasteiger partial charge in [-0.05, 0) is 0 Å². The maximum Gasteiger partial charge on any atom is 0.337 e. The van der Waals surface area contributed by atoms with E-state index in [1.54, 1.807) is 0 Å². The lowest BCUT2D eigenvalue weighted by atomic mass is 10.3. The number of nitrogens with zero attached hydrogens (tertiary/aromatic N) is 1. The van der Waals surface area contributed by atoms with Crippen LogP contribution in [0, 0.1) is 0 Å². The van der Waals surface area contributed by atoms with Crippen molar-refractivity contribution in [3.8, 4) is 5.88 Å². The molecular formula is C7H6ClNO5S. The van der Waals surface area contributed by atoms with E-state index in [0.29, 0.717) is 0 Å². The van der Waals surface area contributed by atoms with Crippen LogP contribution in [0.5, 0.6) is 5.88 Å². The van der Waals surface area contributed by atoms with Gasteiger partial charge in [0.25, 0.3) is 9.05 Å². The minimum absolute atomic E-state index is 0.00327. The number of hydrogen-bond donors (Lipinski definition) is 1. The predicted octanol–water partition coefficient (Wildman–Crippen LogP) is 0.716. The average Bonchev–Trinajstić information content (AvgIpc) is 2.15. The summed E-state index contributed by atoms with van der Waals surface area (Å²) >= 11 is 0. The van der Waals surface area contributed by atoms with Gasteiger partial charge in [0, 0.05) is 16.7 Å². The summed E-state index contributed by atoms with van der Waals surface area (Å²) < 4.78 is 26.6. The Morgan fingerprint density at radius 2 is 2.20 bits per heavy atom. The number of carboxylic acids is 1. The summed E-state index contributed by atoms with van der Waals surface area (Å²) in [5.74, 6) is -1.42. The lowest BCUT2D eigenvalue weighted by Gasteiger charge is -2.03. The van der Waals surface area contributed by atoms with E-state index in [1.165, 1.54) is 7.11 Å². The van der Waals surface area contributed by atoms with E-state index >= 15 is 0 Å². The van der Waals surface area contributed by atoms with Crippen molar-refractivity contribution < 1.29 is 23.1 Å². The highest BCUT2D eigenvalue weighted by Gasteiger charge is 2.21. The Morgan fingerprint density at radius 3 is 2.60 bits per heavy atom. The second-order valence-corrected chi connectivity index (χ2v) is 5.00. The fraction of sp³-hybridized carbons (Fsp3) is 0.143. The van der Waals surface area contributed by atoms with Crippen LogP contribution in [-0.4, -0.2) is 31.6 Å². The molecule has 8 heteroatoms. The van der Waals surface area contributed by atoms with Crippen molar-refractivity contribution in [2.75, 3.05) is 7.11 Å². The largest absolute Gasteiger partial charge is 0.481 e. The highest BCUT2D eigenvalue weighted by atomic mass is 35.7. The first-order valence-electron chi connectivity index (χ1n) is 3.58. The first kappa shape index (κ1) is 11.7. The van der Waals surface area contributed by atoms with Gasteiger partial charge in [0.15, 0.2) is 0 Å². The first-order valence-corrected chi connectivity index (χ1v) is 5.89. The smallest absolute Gasteiger partial charge is 0.337 e. The molecule has 0 saturated carbocycles. The number of hydrogen-bond acceptors (Lipinski definition) is 5. The molecule has 0 aliphatic heterocycles. The number of carboxylic acid groups (broad SMARTS) is 1. The summed E-state index contributed by atoms with van der Waals surface area (Å²) in [4.78, 5) is 13.7. The van der Waals surface area contributed by atoms with Crippen LogP contribution in [0.4, 0.5) is 0 Å². The third-order valence-corrected chi connectivity index (χ3v) is 2.89. The molecule has 6 nitrogen and oxygen atoms in total. The topological polar surface area (TPSA) is 93.6 Å². The number of rotatable bonds is 3. The summed E-state index contributed by atoms with van der Waals surface area (Å²) in [6.45, 7) is 0. The Hall–Kier alpha value is -1.34. The molecule has 0 spiro atoms. The Labute approximate surface area is 89.9 Å². The molecule has 1 heterocycles. The van der Waals surface area contributed by atoms with Gasteiger partial charge in [-0.3, -0.25) is 0 Å². The van der Waals surface area contributed by atoms with Crippen LogP contribution in [-0.2, 0) is 9.05 Å². The molecule has 1 N–H and O–H groups in total. The first-order chi connectivity index (χ1) is 6.86. The van der Waals surface area contributed by atoms with E-state index in [4.69, 9.17) is 15.8 Å². The van der Waals surface area contributed by atoms with Crippen LogP contribution in [0.2, 0.25) is 0 Å². The highest BCUT2D eigenvalue weighted by Crippen LogP contribution is 2.22. The minimum atomic E-state index is -4.13. The van der Waals surface area contributed by atoms with Gasteiger partial charge in [0.2, 0.25) is 5.88 Å². The maximum atomic E-state index is 11.0. The van der Waals surface area contributed by atoms with Gasteiger partial charge in [-0.1, -0.05) is 0 Å². The van der Waals surface area contributed by atoms with Gasteiger partial charge >= 0.3 is 5.97 Å². The standard InChI is InChI=1S/C7H6ClNO5S/c1-14-6-2-4(7(10)11)5(3-9-6)15(8,12)13/h2-3H,1H3,(H,10,11). The number of carbonyl (C=O) groups is 1. The van der Waals surface area contributed by atoms with Gasteiger partial charge < -0.3 is 9.84 Å². The zero-order chi connectivity index (χ0) is 11.6. The van der Waals surface area contributed by atoms with E-state index in [-0.39, 0.29) is 5.88 Å². The van der Waals surface area contributed by atoms with Crippen molar-refractivity contribution in [1.82, 2.24) is 4.98 Å². The Bertz CT molecular complexity index is 498. The molecule has 1 rings (SSSR count). The van der Waals surface area contributed by atoms with Crippen molar-refractivity contribution in [3.05, 3.63) is 17.8 Å². The summed E-state index contributed by atoms with van der Waals surface area (Å²) in [7, 11) is 2.18. The maximum absolute atomic E-state index is 11.0. The van der Waals surface area contributed by atoms with E-state index in [2.05, 4.69) is 9.72 Å². The summed E-state index contributed by atoms with van der Waals surface area (Å²) in [6, 6.07) is 0.984. The number of ether oxygens (including phenoxy) is 1. The van der Waals surface area contributed by atoms with Crippen molar-refractivity contribution in [1.29, 1.82) is 0 Å². The van der Waals surface area contributed by atoms with Gasteiger partial charge in [-0.15, -0.1) is 0 Å². The number of methoxy groups -OCH3 is 1. The fourth-order valence-corrected chi connectivity index (χ4v) is 1.85. The normalized spacial score (nSPS) is 11.1. The molecule has 15 heavy (non-hydrogen) atoms. The average molecular weight is 252 g/mol. The summed E-state index contributed by atoms with van der Waals surface area (Å²) in [5, 5.41) is 8.74.